The van der Waals surface area contributed by atoms with Crippen molar-refractivity contribution in [2.24, 2.45) is 11.7 Å². The summed E-state index contributed by atoms with van der Waals surface area (Å²) in [4.78, 5) is 12.9. The van der Waals surface area contributed by atoms with Crippen molar-refractivity contribution in [3.8, 4) is 0 Å². The number of piperidine rings is 1. The van der Waals surface area contributed by atoms with Crippen LogP contribution in [-0.2, 0) is 4.74 Å². The highest BCUT2D eigenvalue weighted by Gasteiger charge is 2.22. The summed E-state index contributed by atoms with van der Waals surface area (Å²) in [5, 5.41) is 0. The summed E-state index contributed by atoms with van der Waals surface area (Å²) in [5.41, 5.74) is 5.47. The minimum Gasteiger partial charge on any atom is -0.453 e. The monoisotopic (exact) mass is 216 g/mol. The van der Waals surface area contributed by atoms with Crippen LogP contribution in [0.1, 0.15) is 33.1 Å². The van der Waals surface area contributed by atoms with Gasteiger partial charge in [-0.05, 0) is 31.7 Å². The zero-order valence-corrected chi connectivity index (χ0v) is 10.2. The molecule has 90 valence electrons. The molecular formula is C11H24N2O2. The van der Waals surface area contributed by atoms with Crippen LogP contribution in [0.3, 0.4) is 0 Å². The predicted molar refractivity (Wildman–Crippen MR) is 61.7 cm³/mol. The Morgan fingerprint density at radius 3 is 2.33 bits per heavy atom. The molecule has 15 heavy (non-hydrogen) atoms. The lowest BCUT2D eigenvalue weighted by Gasteiger charge is -2.30. The van der Waals surface area contributed by atoms with Gasteiger partial charge in [0.25, 0.3) is 0 Å². The zero-order valence-electron chi connectivity index (χ0n) is 10.2. The summed E-state index contributed by atoms with van der Waals surface area (Å²) in [5.74, 6) is 0.700. The van der Waals surface area contributed by atoms with Gasteiger partial charge in [-0.25, -0.2) is 4.79 Å². The number of carbonyl (C=O) groups is 1. The molecule has 1 saturated heterocycles. The average molecular weight is 216 g/mol. The standard InChI is InChI=1S/C9H18N2O2.C2H6/c1-13-9(12)11-6-3-8(2-5-10)4-7-11;1-2/h8H,2-7,10H2,1H3;1-2H3. The van der Waals surface area contributed by atoms with Crippen molar-refractivity contribution in [1.82, 2.24) is 4.90 Å². The maximum absolute atomic E-state index is 11.1. The molecule has 4 heteroatoms. The van der Waals surface area contributed by atoms with Crippen LogP contribution in [0.25, 0.3) is 0 Å². The smallest absolute Gasteiger partial charge is 0.409 e. The number of nitrogens with two attached hydrogens (primary N) is 1. The van der Waals surface area contributed by atoms with E-state index in [1.165, 1.54) is 7.11 Å². The van der Waals surface area contributed by atoms with Crippen LogP contribution in [0.5, 0.6) is 0 Å². The third-order valence-electron chi connectivity index (χ3n) is 2.62. The summed E-state index contributed by atoms with van der Waals surface area (Å²) < 4.78 is 4.65. The molecule has 2 N–H and O–H groups in total. The highest BCUT2D eigenvalue weighted by atomic mass is 16.5. The van der Waals surface area contributed by atoms with Gasteiger partial charge in [-0.2, -0.15) is 0 Å². The van der Waals surface area contributed by atoms with E-state index in [0.717, 1.165) is 38.9 Å². The van der Waals surface area contributed by atoms with Crippen LogP contribution in [0.2, 0.25) is 0 Å². The topological polar surface area (TPSA) is 55.6 Å². The Kier molecular flexibility index (Phi) is 8.09. The summed E-state index contributed by atoms with van der Waals surface area (Å²) in [7, 11) is 1.42. The molecule has 0 aromatic carbocycles. The summed E-state index contributed by atoms with van der Waals surface area (Å²) >= 11 is 0. The van der Waals surface area contributed by atoms with Gasteiger partial charge >= 0.3 is 6.09 Å². The van der Waals surface area contributed by atoms with E-state index in [4.69, 9.17) is 5.73 Å². The van der Waals surface area contributed by atoms with Crippen LogP contribution in [-0.4, -0.2) is 37.7 Å². The van der Waals surface area contributed by atoms with Crippen molar-refractivity contribution in [3.05, 3.63) is 0 Å². The number of ether oxygens (including phenoxy) is 1. The largest absolute Gasteiger partial charge is 0.453 e. The van der Waals surface area contributed by atoms with Crippen LogP contribution in [0, 0.1) is 5.92 Å². The second kappa shape index (κ2) is 8.53. The third kappa shape index (κ3) is 5.02. The molecule has 0 saturated carbocycles. The second-order valence-electron chi connectivity index (χ2n) is 3.48. The number of carbonyl (C=O) groups excluding carboxylic acids is 1. The average Bonchev–Trinajstić information content (AvgIpc) is 2.32. The van der Waals surface area contributed by atoms with Crippen molar-refractivity contribution < 1.29 is 9.53 Å². The molecule has 0 spiro atoms. The molecule has 0 radical (unpaired) electrons. The van der Waals surface area contributed by atoms with Crippen LogP contribution < -0.4 is 5.73 Å². The van der Waals surface area contributed by atoms with E-state index in [1.54, 1.807) is 4.90 Å². The van der Waals surface area contributed by atoms with Gasteiger partial charge in [-0.1, -0.05) is 13.8 Å². The molecule has 1 amide bonds. The summed E-state index contributed by atoms with van der Waals surface area (Å²) in [6, 6.07) is 0. The van der Waals surface area contributed by atoms with E-state index >= 15 is 0 Å². The van der Waals surface area contributed by atoms with E-state index in [2.05, 4.69) is 4.74 Å². The number of likely N-dealkylation sites (tertiary alicyclic amines) is 1. The Balaban J connectivity index is 0.000000921. The zero-order chi connectivity index (χ0) is 11.7. The molecule has 1 rings (SSSR count). The summed E-state index contributed by atoms with van der Waals surface area (Å²) in [6.45, 7) is 6.39. The van der Waals surface area contributed by atoms with Crippen molar-refractivity contribution >= 4 is 6.09 Å². The Morgan fingerprint density at radius 2 is 1.93 bits per heavy atom. The number of hydrogen-bond acceptors (Lipinski definition) is 3. The highest BCUT2D eigenvalue weighted by Crippen LogP contribution is 2.19. The molecule has 0 atom stereocenters. The lowest BCUT2D eigenvalue weighted by atomic mass is 9.94. The van der Waals surface area contributed by atoms with Crippen molar-refractivity contribution in [2.75, 3.05) is 26.7 Å². The molecule has 1 aliphatic heterocycles. The number of hydrogen-bond donors (Lipinski definition) is 1. The number of rotatable bonds is 2. The highest BCUT2D eigenvalue weighted by molar-refractivity contribution is 5.67. The maximum atomic E-state index is 11.1. The lowest BCUT2D eigenvalue weighted by molar-refractivity contribution is 0.105. The molecule has 0 aromatic heterocycles. The van der Waals surface area contributed by atoms with Crippen molar-refractivity contribution in [2.45, 2.75) is 33.1 Å². The Hall–Kier alpha value is -0.770. The van der Waals surface area contributed by atoms with Gasteiger partial charge in [0, 0.05) is 13.1 Å². The van der Waals surface area contributed by atoms with Gasteiger partial charge < -0.3 is 15.4 Å². The van der Waals surface area contributed by atoms with Crippen molar-refractivity contribution in [3.63, 3.8) is 0 Å². The van der Waals surface area contributed by atoms with E-state index < -0.39 is 0 Å². The van der Waals surface area contributed by atoms with Gasteiger partial charge in [0.2, 0.25) is 0 Å². The molecule has 0 aromatic rings. The van der Waals surface area contributed by atoms with Gasteiger partial charge in [-0.3, -0.25) is 0 Å². The van der Waals surface area contributed by atoms with E-state index in [-0.39, 0.29) is 6.09 Å². The van der Waals surface area contributed by atoms with Crippen LogP contribution >= 0.6 is 0 Å². The first kappa shape index (κ1) is 14.2. The van der Waals surface area contributed by atoms with Crippen LogP contribution in [0.15, 0.2) is 0 Å². The first-order valence-electron chi connectivity index (χ1n) is 5.81. The molecular weight excluding hydrogens is 192 g/mol. The number of methoxy groups -OCH3 is 1. The number of amides is 1. The quantitative estimate of drug-likeness (QED) is 0.766. The maximum Gasteiger partial charge on any atom is 0.409 e. The van der Waals surface area contributed by atoms with Gasteiger partial charge in [0.05, 0.1) is 7.11 Å². The number of nitrogens with zero attached hydrogens (tertiary/aromatic N) is 1. The molecule has 0 bridgehead atoms. The SMILES string of the molecule is CC.COC(=O)N1CCC(CCN)CC1. The Bertz CT molecular complexity index is 166. The fourth-order valence-electron chi connectivity index (χ4n) is 1.77. The van der Waals surface area contributed by atoms with Gasteiger partial charge in [-0.15, -0.1) is 0 Å². The molecule has 0 aliphatic carbocycles. The lowest BCUT2D eigenvalue weighted by Crippen LogP contribution is -2.38. The van der Waals surface area contributed by atoms with Gasteiger partial charge in [0.15, 0.2) is 0 Å². The minimum atomic E-state index is -0.203. The van der Waals surface area contributed by atoms with Gasteiger partial charge in [0.1, 0.15) is 0 Å². The second-order valence-corrected chi connectivity index (χ2v) is 3.48. The van der Waals surface area contributed by atoms with Crippen molar-refractivity contribution in [1.29, 1.82) is 0 Å². The van der Waals surface area contributed by atoms with Crippen LogP contribution in [0.4, 0.5) is 4.79 Å². The molecule has 1 aliphatic rings. The first-order chi connectivity index (χ1) is 7.27. The van der Waals surface area contributed by atoms with E-state index in [9.17, 15) is 4.79 Å². The minimum absolute atomic E-state index is 0.203. The van der Waals surface area contributed by atoms with E-state index in [0.29, 0.717) is 5.92 Å². The Labute approximate surface area is 92.8 Å². The fourth-order valence-corrected chi connectivity index (χ4v) is 1.77. The molecule has 0 unspecified atom stereocenters. The third-order valence-corrected chi connectivity index (χ3v) is 2.62. The Morgan fingerprint density at radius 1 is 1.40 bits per heavy atom. The normalized spacial score (nSPS) is 16.7. The predicted octanol–water partition coefficient (Wildman–Crippen LogP) is 1.84. The molecule has 1 fully saturated rings. The summed E-state index contributed by atoms with van der Waals surface area (Å²) in [6.07, 6.45) is 3.00. The first-order valence-corrected chi connectivity index (χ1v) is 5.81. The molecule has 1 heterocycles. The fraction of sp³-hybridized carbons (Fsp3) is 0.909. The van der Waals surface area contributed by atoms with E-state index in [1.807, 2.05) is 13.8 Å². The molecule has 4 nitrogen and oxygen atoms in total.